The van der Waals surface area contributed by atoms with Crippen LogP contribution in [-0.4, -0.2) is 25.5 Å². The zero-order valence-electron chi connectivity index (χ0n) is 5.79. The lowest BCUT2D eigenvalue weighted by molar-refractivity contribution is -0.137. The van der Waals surface area contributed by atoms with Gasteiger partial charge in [0.25, 0.3) is 0 Å². The summed E-state index contributed by atoms with van der Waals surface area (Å²) in [5, 5.41) is 9.25. The van der Waals surface area contributed by atoms with E-state index in [-0.39, 0.29) is 6.61 Å². The Morgan fingerprint density at radius 1 is 2.00 bits per heavy atom. The Labute approximate surface area is 63.5 Å². The van der Waals surface area contributed by atoms with Crippen LogP contribution in [0.5, 0.6) is 0 Å². The van der Waals surface area contributed by atoms with Crippen molar-refractivity contribution in [2.45, 2.75) is 0 Å². The van der Waals surface area contributed by atoms with E-state index in [1.165, 1.54) is 6.26 Å². The molecule has 0 saturated carbocycles. The maximum atomic E-state index is 10.9. The molecule has 5 nitrogen and oxygen atoms in total. The van der Waals surface area contributed by atoms with Crippen LogP contribution in [0.2, 0.25) is 0 Å². The first-order valence-electron chi connectivity index (χ1n) is 3.06. The molecule has 0 aliphatic carbocycles. The molecule has 1 rings (SSSR count). The molecule has 0 radical (unpaired) electrons. The summed E-state index contributed by atoms with van der Waals surface area (Å²) in [7, 11) is 0. The fourth-order valence-corrected chi connectivity index (χ4v) is 0.601. The number of ether oxygens (including phenoxy) is 2. The standard InChI is InChI=1S/C6H8N2O3/c7-1-2-11-6(9)5-3-10-4-8-5/h1,3,7-8H,2,4H2. The largest absolute Gasteiger partial charge is 0.478 e. The summed E-state index contributed by atoms with van der Waals surface area (Å²) < 4.78 is 9.31. The van der Waals surface area contributed by atoms with Crippen molar-refractivity contribution in [3.8, 4) is 0 Å². The Hall–Kier alpha value is -1.52. The molecule has 0 aromatic heterocycles. The predicted molar refractivity (Wildman–Crippen MR) is 36.9 cm³/mol. The summed E-state index contributed by atoms with van der Waals surface area (Å²) in [6.45, 7) is 0.298. The topological polar surface area (TPSA) is 71.4 Å². The summed E-state index contributed by atoms with van der Waals surface area (Å²) >= 11 is 0. The maximum Gasteiger partial charge on any atom is 0.358 e. The zero-order chi connectivity index (χ0) is 8.10. The maximum absolute atomic E-state index is 10.9. The lowest BCUT2D eigenvalue weighted by atomic mass is 10.5. The van der Waals surface area contributed by atoms with Crippen LogP contribution < -0.4 is 5.32 Å². The number of hydrogen-bond donors (Lipinski definition) is 2. The van der Waals surface area contributed by atoms with Crippen molar-refractivity contribution >= 4 is 12.2 Å². The molecule has 0 saturated heterocycles. The molecule has 0 amide bonds. The molecular weight excluding hydrogens is 148 g/mol. The highest BCUT2D eigenvalue weighted by atomic mass is 16.5. The SMILES string of the molecule is N=CCOC(=O)C1=COCN1. The van der Waals surface area contributed by atoms with Gasteiger partial charge in [-0.05, 0) is 0 Å². The van der Waals surface area contributed by atoms with Gasteiger partial charge in [0.05, 0.1) is 0 Å². The van der Waals surface area contributed by atoms with Gasteiger partial charge in [-0.15, -0.1) is 0 Å². The molecule has 11 heavy (non-hydrogen) atoms. The second kappa shape index (κ2) is 3.60. The zero-order valence-corrected chi connectivity index (χ0v) is 5.79. The van der Waals surface area contributed by atoms with E-state index in [0.717, 1.165) is 6.21 Å². The average molecular weight is 156 g/mol. The molecule has 0 spiro atoms. The van der Waals surface area contributed by atoms with E-state index in [9.17, 15) is 4.79 Å². The molecule has 1 heterocycles. The van der Waals surface area contributed by atoms with Gasteiger partial charge in [-0.1, -0.05) is 0 Å². The van der Waals surface area contributed by atoms with Crippen LogP contribution in [0.4, 0.5) is 0 Å². The molecule has 0 bridgehead atoms. The molecule has 1 aliphatic rings. The molecule has 0 aromatic rings. The lowest BCUT2D eigenvalue weighted by Gasteiger charge is -1.99. The van der Waals surface area contributed by atoms with Crippen LogP contribution in [0.3, 0.4) is 0 Å². The summed E-state index contributed by atoms with van der Waals surface area (Å²) in [6.07, 6.45) is 2.31. The minimum absolute atomic E-state index is 0.00213. The Bertz CT molecular complexity index is 200. The molecule has 0 unspecified atom stereocenters. The Kier molecular flexibility index (Phi) is 2.48. The van der Waals surface area contributed by atoms with Crippen LogP contribution >= 0.6 is 0 Å². The van der Waals surface area contributed by atoms with Crippen molar-refractivity contribution in [3.05, 3.63) is 12.0 Å². The molecule has 2 N–H and O–H groups in total. The van der Waals surface area contributed by atoms with E-state index in [1.54, 1.807) is 0 Å². The van der Waals surface area contributed by atoms with E-state index < -0.39 is 5.97 Å². The summed E-state index contributed by atoms with van der Waals surface area (Å²) in [5.74, 6) is -0.494. The lowest BCUT2D eigenvalue weighted by Crippen LogP contribution is -2.19. The van der Waals surface area contributed by atoms with Gasteiger partial charge in [-0.25, -0.2) is 4.79 Å². The fourth-order valence-electron chi connectivity index (χ4n) is 0.601. The van der Waals surface area contributed by atoms with E-state index in [1.807, 2.05) is 0 Å². The normalized spacial score (nSPS) is 14.4. The quantitative estimate of drug-likeness (QED) is 0.430. The third-order valence-corrected chi connectivity index (χ3v) is 1.06. The monoisotopic (exact) mass is 156 g/mol. The number of rotatable bonds is 3. The second-order valence-corrected chi connectivity index (χ2v) is 1.82. The van der Waals surface area contributed by atoms with Crippen LogP contribution in [0.1, 0.15) is 0 Å². The second-order valence-electron chi connectivity index (χ2n) is 1.82. The third kappa shape index (κ3) is 1.96. The molecule has 60 valence electrons. The number of nitrogens with one attached hydrogen (secondary N) is 2. The van der Waals surface area contributed by atoms with Gasteiger partial charge in [0, 0.05) is 6.21 Å². The smallest absolute Gasteiger partial charge is 0.358 e. The molecular formula is C6H8N2O3. The van der Waals surface area contributed by atoms with Gasteiger partial charge >= 0.3 is 5.97 Å². The third-order valence-electron chi connectivity index (χ3n) is 1.06. The first-order chi connectivity index (χ1) is 5.34. The highest BCUT2D eigenvalue weighted by Crippen LogP contribution is 1.99. The van der Waals surface area contributed by atoms with E-state index >= 15 is 0 Å². The fraction of sp³-hybridized carbons (Fsp3) is 0.333. The van der Waals surface area contributed by atoms with Crippen LogP contribution in [0, 0.1) is 5.41 Å². The molecule has 5 heteroatoms. The van der Waals surface area contributed by atoms with Crippen molar-refractivity contribution in [2.24, 2.45) is 0 Å². The summed E-state index contributed by atoms with van der Waals surface area (Å²) in [4.78, 5) is 10.9. The van der Waals surface area contributed by atoms with Crippen LogP contribution in [0.25, 0.3) is 0 Å². The highest BCUT2D eigenvalue weighted by molar-refractivity contribution is 5.88. The first-order valence-corrected chi connectivity index (χ1v) is 3.06. The van der Waals surface area contributed by atoms with Crippen molar-refractivity contribution in [1.82, 2.24) is 5.32 Å². The van der Waals surface area contributed by atoms with Gasteiger partial charge < -0.3 is 20.2 Å². The van der Waals surface area contributed by atoms with Gasteiger partial charge in [0.15, 0.2) is 12.4 Å². The number of hydrogen-bond acceptors (Lipinski definition) is 5. The van der Waals surface area contributed by atoms with Crippen LogP contribution in [-0.2, 0) is 14.3 Å². The van der Waals surface area contributed by atoms with E-state index in [4.69, 9.17) is 10.1 Å². The van der Waals surface area contributed by atoms with Gasteiger partial charge in [-0.3, -0.25) is 0 Å². The average Bonchev–Trinajstić information content (AvgIpc) is 2.52. The molecule has 1 aliphatic heterocycles. The Morgan fingerprint density at radius 2 is 2.82 bits per heavy atom. The van der Waals surface area contributed by atoms with Gasteiger partial charge in [0.2, 0.25) is 0 Å². The van der Waals surface area contributed by atoms with Crippen molar-refractivity contribution in [3.63, 3.8) is 0 Å². The predicted octanol–water partition coefficient (Wildman–Crippen LogP) is -0.402. The summed E-state index contributed by atoms with van der Waals surface area (Å²) in [6, 6.07) is 0. The Morgan fingerprint density at radius 3 is 3.36 bits per heavy atom. The highest BCUT2D eigenvalue weighted by Gasteiger charge is 2.14. The molecule has 0 aromatic carbocycles. The minimum Gasteiger partial charge on any atom is -0.478 e. The van der Waals surface area contributed by atoms with Gasteiger partial charge in [-0.2, -0.15) is 0 Å². The van der Waals surface area contributed by atoms with E-state index in [2.05, 4.69) is 10.1 Å². The molecule has 0 fully saturated rings. The number of esters is 1. The summed E-state index contributed by atoms with van der Waals surface area (Å²) in [5.41, 5.74) is 0.298. The Balaban J connectivity index is 2.34. The molecule has 0 atom stereocenters. The van der Waals surface area contributed by atoms with Crippen LogP contribution in [0.15, 0.2) is 12.0 Å². The van der Waals surface area contributed by atoms with E-state index in [0.29, 0.717) is 12.4 Å². The first kappa shape index (κ1) is 7.59. The van der Waals surface area contributed by atoms with Crippen molar-refractivity contribution in [2.75, 3.05) is 13.3 Å². The number of carbonyl (C=O) groups excluding carboxylic acids is 1. The number of carbonyl (C=O) groups is 1. The van der Waals surface area contributed by atoms with Gasteiger partial charge in [0.1, 0.15) is 12.9 Å². The minimum atomic E-state index is -0.494. The van der Waals surface area contributed by atoms with Crippen molar-refractivity contribution < 1.29 is 14.3 Å². The van der Waals surface area contributed by atoms with Crippen molar-refractivity contribution in [1.29, 1.82) is 5.41 Å².